The fourth-order valence-corrected chi connectivity index (χ4v) is 3.20. The average Bonchev–Trinajstić information content (AvgIpc) is 2.83. The zero-order valence-electron chi connectivity index (χ0n) is 17.0. The van der Waals surface area contributed by atoms with Gasteiger partial charge in [0.1, 0.15) is 5.82 Å². The van der Waals surface area contributed by atoms with Crippen molar-refractivity contribution in [1.29, 1.82) is 0 Å². The van der Waals surface area contributed by atoms with Gasteiger partial charge in [0, 0.05) is 55.4 Å². The highest BCUT2D eigenvalue weighted by Gasteiger charge is 2.10. The van der Waals surface area contributed by atoms with Gasteiger partial charge in [0.2, 0.25) is 0 Å². The van der Waals surface area contributed by atoms with E-state index in [-0.39, 0.29) is 0 Å². The molecule has 0 spiro atoms. The number of nitrogens with one attached hydrogen (secondary N) is 1. The van der Waals surface area contributed by atoms with Gasteiger partial charge in [-0.15, -0.1) is 0 Å². The molecule has 2 heterocycles. The molecule has 2 aromatic carbocycles. The Morgan fingerprint density at radius 3 is 2.20 bits per heavy atom. The van der Waals surface area contributed by atoms with Gasteiger partial charge in [-0.3, -0.25) is 4.98 Å². The van der Waals surface area contributed by atoms with Crippen LogP contribution in [0.5, 0.6) is 0 Å². The summed E-state index contributed by atoms with van der Waals surface area (Å²) in [7, 11) is 1.71. The second kappa shape index (κ2) is 9.76. The van der Waals surface area contributed by atoms with E-state index in [0.717, 1.165) is 46.7 Å². The van der Waals surface area contributed by atoms with Crippen molar-refractivity contribution in [1.82, 2.24) is 15.0 Å². The maximum Gasteiger partial charge on any atom is 0.162 e. The van der Waals surface area contributed by atoms with Crippen molar-refractivity contribution in [2.45, 2.75) is 6.42 Å². The van der Waals surface area contributed by atoms with Gasteiger partial charge in [0.25, 0.3) is 0 Å². The number of methoxy groups -OCH3 is 1. The van der Waals surface area contributed by atoms with Crippen molar-refractivity contribution in [2.75, 3.05) is 25.6 Å². The molecule has 150 valence electrons. The molecule has 5 nitrogen and oxygen atoms in total. The highest BCUT2D eigenvalue weighted by molar-refractivity contribution is 5.72. The zero-order valence-corrected chi connectivity index (χ0v) is 17.0. The smallest absolute Gasteiger partial charge is 0.162 e. The average molecular weight is 396 g/mol. The number of aromatic nitrogens is 3. The number of hydrogen-bond donors (Lipinski definition) is 1. The summed E-state index contributed by atoms with van der Waals surface area (Å²) in [6.07, 6.45) is 4.63. The maximum absolute atomic E-state index is 5.14. The summed E-state index contributed by atoms with van der Waals surface area (Å²) >= 11 is 0. The van der Waals surface area contributed by atoms with E-state index in [2.05, 4.69) is 28.5 Å². The number of benzene rings is 2. The van der Waals surface area contributed by atoms with E-state index < -0.39 is 0 Å². The highest BCUT2D eigenvalue weighted by Crippen LogP contribution is 2.27. The molecule has 5 heteroatoms. The van der Waals surface area contributed by atoms with E-state index in [1.54, 1.807) is 7.11 Å². The standard InChI is InChI=1S/C25H24N4O/c1-30-14-8-13-27-24-16-23(28-25(29-24)20-11-6-3-7-12-20)22-15-21(17-26-18-22)19-9-4-2-5-10-19/h2-7,9-12,15-18H,8,13-14H2,1H3,(H,27,28,29). The molecule has 0 fully saturated rings. The molecule has 0 saturated heterocycles. The second-order valence-corrected chi connectivity index (χ2v) is 6.93. The van der Waals surface area contributed by atoms with E-state index in [1.807, 2.05) is 67.0 Å². The number of rotatable bonds is 8. The first-order chi connectivity index (χ1) is 14.8. The Morgan fingerprint density at radius 2 is 1.47 bits per heavy atom. The normalized spacial score (nSPS) is 10.7. The topological polar surface area (TPSA) is 59.9 Å². The molecule has 0 unspecified atom stereocenters. The number of pyridine rings is 1. The van der Waals surface area contributed by atoms with Crippen molar-refractivity contribution in [3.63, 3.8) is 0 Å². The van der Waals surface area contributed by atoms with E-state index in [1.165, 1.54) is 0 Å². The monoisotopic (exact) mass is 396 g/mol. The van der Waals surface area contributed by atoms with Crippen LogP contribution in [-0.2, 0) is 4.74 Å². The largest absolute Gasteiger partial charge is 0.385 e. The van der Waals surface area contributed by atoms with E-state index in [4.69, 9.17) is 14.7 Å². The molecular weight excluding hydrogens is 372 g/mol. The lowest BCUT2D eigenvalue weighted by Gasteiger charge is -2.11. The Balaban J connectivity index is 1.71. The summed E-state index contributed by atoms with van der Waals surface area (Å²) in [5.74, 6) is 1.48. The molecular formula is C25H24N4O. The van der Waals surface area contributed by atoms with Crippen molar-refractivity contribution in [2.24, 2.45) is 0 Å². The Bertz CT molecular complexity index is 1080. The minimum absolute atomic E-state index is 0.687. The number of ether oxygens (including phenoxy) is 1. The van der Waals surface area contributed by atoms with Gasteiger partial charge in [-0.05, 0) is 18.1 Å². The third kappa shape index (κ3) is 4.88. The van der Waals surface area contributed by atoms with Gasteiger partial charge in [-0.25, -0.2) is 9.97 Å². The van der Waals surface area contributed by atoms with Crippen molar-refractivity contribution >= 4 is 5.82 Å². The van der Waals surface area contributed by atoms with Crippen LogP contribution in [0.1, 0.15) is 6.42 Å². The molecule has 0 aliphatic rings. The third-order valence-corrected chi connectivity index (χ3v) is 4.73. The van der Waals surface area contributed by atoms with Crippen LogP contribution < -0.4 is 5.32 Å². The highest BCUT2D eigenvalue weighted by atomic mass is 16.5. The number of hydrogen-bond acceptors (Lipinski definition) is 5. The SMILES string of the molecule is COCCCNc1cc(-c2cncc(-c3ccccc3)c2)nc(-c2ccccc2)n1. The van der Waals surface area contributed by atoms with Crippen LogP contribution >= 0.6 is 0 Å². The van der Waals surface area contributed by atoms with Gasteiger partial charge < -0.3 is 10.1 Å². The Labute approximate surface area is 176 Å². The van der Waals surface area contributed by atoms with Crippen LogP contribution in [0, 0.1) is 0 Å². The lowest BCUT2D eigenvalue weighted by molar-refractivity contribution is 0.198. The molecule has 1 N–H and O–H groups in total. The van der Waals surface area contributed by atoms with E-state index >= 15 is 0 Å². The maximum atomic E-state index is 5.14. The quantitative estimate of drug-likeness (QED) is 0.408. The number of anilines is 1. The Hall–Kier alpha value is -3.57. The van der Waals surface area contributed by atoms with Crippen molar-refractivity contribution < 1.29 is 4.74 Å². The van der Waals surface area contributed by atoms with Gasteiger partial charge in [0.15, 0.2) is 5.82 Å². The van der Waals surface area contributed by atoms with Crippen LogP contribution in [0.4, 0.5) is 5.82 Å². The molecule has 0 saturated carbocycles. The first kappa shape index (κ1) is 19.7. The zero-order chi connectivity index (χ0) is 20.6. The minimum Gasteiger partial charge on any atom is -0.385 e. The van der Waals surface area contributed by atoms with Crippen molar-refractivity contribution in [3.8, 4) is 33.8 Å². The van der Waals surface area contributed by atoms with Gasteiger partial charge in [-0.2, -0.15) is 0 Å². The lowest BCUT2D eigenvalue weighted by Crippen LogP contribution is -2.07. The summed E-state index contributed by atoms with van der Waals surface area (Å²) in [4.78, 5) is 14.0. The van der Waals surface area contributed by atoms with Gasteiger partial charge >= 0.3 is 0 Å². The summed E-state index contributed by atoms with van der Waals surface area (Å²) in [5.41, 5.74) is 4.95. The molecule has 30 heavy (non-hydrogen) atoms. The van der Waals surface area contributed by atoms with E-state index in [9.17, 15) is 0 Å². The fraction of sp³-hybridized carbons (Fsp3) is 0.160. The minimum atomic E-state index is 0.687. The molecule has 4 aromatic rings. The van der Waals surface area contributed by atoms with Gasteiger partial charge in [0.05, 0.1) is 5.69 Å². The molecule has 0 amide bonds. The molecule has 0 aliphatic heterocycles. The van der Waals surface area contributed by atoms with E-state index in [0.29, 0.717) is 12.4 Å². The third-order valence-electron chi connectivity index (χ3n) is 4.73. The lowest BCUT2D eigenvalue weighted by atomic mass is 10.0. The van der Waals surface area contributed by atoms with Crippen LogP contribution in [0.3, 0.4) is 0 Å². The fourth-order valence-electron chi connectivity index (χ4n) is 3.20. The molecule has 4 rings (SSSR count). The van der Waals surface area contributed by atoms with Gasteiger partial charge in [-0.1, -0.05) is 60.7 Å². The van der Waals surface area contributed by atoms with Crippen LogP contribution in [0.2, 0.25) is 0 Å². The Kier molecular flexibility index (Phi) is 6.42. The van der Waals surface area contributed by atoms with Crippen LogP contribution in [0.25, 0.3) is 33.8 Å². The van der Waals surface area contributed by atoms with Crippen LogP contribution in [0.15, 0.2) is 85.2 Å². The first-order valence-electron chi connectivity index (χ1n) is 10.0. The van der Waals surface area contributed by atoms with Crippen molar-refractivity contribution in [3.05, 3.63) is 85.2 Å². The molecule has 2 aromatic heterocycles. The summed E-state index contributed by atoms with van der Waals surface area (Å²) in [5, 5.41) is 3.39. The first-order valence-corrected chi connectivity index (χ1v) is 10.0. The molecule has 0 radical (unpaired) electrons. The summed E-state index contributed by atoms with van der Waals surface area (Å²) in [6.45, 7) is 1.49. The number of nitrogens with zero attached hydrogens (tertiary/aromatic N) is 3. The summed E-state index contributed by atoms with van der Waals surface area (Å²) < 4.78 is 5.14. The van der Waals surface area contributed by atoms with Crippen LogP contribution in [-0.4, -0.2) is 35.2 Å². The Morgan fingerprint density at radius 1 is 0.767 bits per heavy atom. The molecule has 0 atom stereocenters. The predicted molar refractivity (Wildman–Crippen MR) is 121 cm³/mol. The molecule has 0 bridgehead atoms. The second-order valence-electron chi connectivity index (χ2n) is 6.93. The molecule has 0 aliphatic carbocycles. The summed E-state index contributed by atoms with van der Waals surface area (Å²) in [6, 6.07) is 24.4. The predicted octanol–water partition coefficient (Wildman–Crippen LogP) is 5.32.